The second-order valence-corrected chi connectivity index (χ2v) is 7.34. The Morgan fingerprint density at radius 2 is 1.75 bits per heavy atom. The third kappa shape index (κ3) is 5.61. The predicted molar refractivity (Wildman–Crippen MR) is 62.0 cm³/mol. The molecule has 1 heterocycles. The van der Waals surface area contributed by atoms with Crippen LogP contribution >= 0.6 is 15.2 Å². The van der Waals surface area contributed by atoms with Crippen LogP contribution in [0.3, 0.4) is 0 Å². The summed E-state index contributed by atoms with van der Waals surface area (Å²) in [7, 11) is -11.1. The topological polar surface area (TPSA) is 214 Å². The van der Waals surface area contributed by atoms with Gasteiger partial charge in [0.05, 0.1) is 0 Å². The molecule has 112 valence electrons. The van der Waals surface area contributed by atoms with E-state index in [0.717, 1.165) is 6.20 Å². The van der Waals surface area contributed by atoms with E-state index in [0.29, 0.717) is 0 Å². The predicted octanol–water partition coefficient (Wildman–Crippen LogP) is -5.65. The minimum Gasteiger partial charge on any atom is -0.776 e. The quantitative estimate of drug-likeness (QED) is 0.305. The van der Waals surface area contributed by atoms with Crippen molar-refractivity contribution >= 4 is 15.2 Å². The van der Waals surface area contributed by atoms with Crippen molar-refractivity contribution in [1.29, 1.82) is 0 Å². The summed E-state index contributed by atoms with van der Waals surface area (Å²) in [5.41, 5.74) is 0.0588. The normalized spacial score (nSPS) is 16.4. The monoisotopic (exact) mass is 341 g/mol. The fraction of sp³-hybridized carbons (Fsp3) is 0.286. The van der Waals surface area contributed by atoms with Gasteiger partial charge in [-0.2, -0.15) is 0 Å². The molecular weight excluding hydrogens is 327 g/mol. The van der Waals surface area contributed by atoms with Crippen molar-refractivity contribution < 1.29 is 74.3 Å². The molecule has 1 rings (SSSR count). The molecule has 1 aromatic heterocycles. The third-order valence-electron chi connectivity index (χ3n) is 2.08. The van der Waals surface area contributed by atoms with Crippen LogP contribution in [0.4, 0.5) is 0 Å². The summed E-state index contributed by atoms with van der Waals surface area (Å²) in [5.74, 6) is 0. The number of nitrogens with zero attached hydrogens (tertiary/aromatic N) is 1. The van der Waals surface area contributed by atoms with Crippen molar-refractivity contribution in [1.82, 2.24) is 4.98 Å². The molecule has 0 aromatic carbocycles. The van der Waals surface area contributed by atoms with E-state index in [9.17, 15) is 19.1 Å². The molecular formula is C7H14NNaO9P2. The summed E-state index contributed by atoms with van der Waals surface area (Å²) >= 11 is 0. The van der Waals surface area contributed by atoms with Gasteiger partial charge < -0.3 is 40.2 Å². The molecule has 0 saturated heterocycles. The number of hydrogen-bond acceptors (Lipinski definition) is 5. The van der Waals surface area contributed by atoms with E-state index in [1.165, 1.54) is 18.3 Å². The molecule has 0 saturated carbocycles. The molecule has 10 nitrogen and oxygen atoms in total. The zero-order valence-corrected chi connectivity index (χ0v) is 14.2. The van der Waals surface area contributed by atoms with Crippen molar-refractivity contribution in [3.63, 3.8) is 0 Å². The zero-order chi connectivity index (χ0) is 13.3. The van der Waals surface area contributed by atoms with Crippen LogP contribution in [0.2, 0.25) is 0 Å². The number of pyridine rings is 1. The van der Waals surface area contributed by atoms with Gasteiger partial charge >= 0.3 is 37.2 Å². The second-order valence-electron chi connectivity index (χ2n) is 3.38. The van der Waals surface area contributed by atoms with Crippen LogP contribution < -0.4 is 34.5 Å². The maximum atomic E-state index is 11.0. The fourth-order valence-corrected chi connectivity index (χ4v) is 3.23. The summed E-state index contributed by atoms with van der Waals surface area (Å²) in [6.45, 7) is 0. The van der Waals surface area contributed by atoms with E-state index in [1.54, 1.807) is 0 Å². The maximum absolute atomic E-state index is 11.0. The largest absolute Gasteiger partial charge is 1.00 e. The Bertz CT molecular complexity index is 464. The average Bonchev–Trinajstić information content (AvgIpc) is 2.15. The number of hydrogen-bond donors (Lipinski definition) is 4. The second kappa shape index (κ2) is 8.70. The van der Waals surface area contributed by atoms with Gasteiger partial charge in [0.1, 0.15) is 0 Å². The van der Waals surface area contributed by atoms with Crippen LogP contribution in [-0.4, -0.2) is 40.8 Å². The Hall–Kier alpha value is 0.330. The van der Waals surface area contributed by atoms with Crippen LogP contribution in [-0.2, 0) is 15.6 Å². The van der Waals surface area contributed by atoms with E-state index < -0.39 is 26.7 Å². The van der Waals surface area contributed by atoms with Gasteiger partial charge in [-0.1, -0.05) is 6.07 Å². The van der Waals surface area contributed by atoms with Gasteiger partial charge in [-0.05, 0) is 11.6 Å². The van der Waals surface area contributed by atoms with Crippen molar-refractivity contribution in [3.05, 3.63) is 30.1 Å². The smallest absolute Gasteiger partial charge is 0.776 e. The molecule has 20 heavy (non-hydrogen) atoms. The van der Waals surface area contributed by atoms with Crippen LogP contribution in [0.1, 0.15) is 5.56 Å². The summed E-state index contributed by atoms with van der Waals surface area (Å²) in [6.07, 6.45) is 1.52. The fourth-order valence-electron chi connectivity index (χ4n) is 1.14. The molecule has 0 bridgehead atoms. The van der Waals surface area contributed by atoms with Crippen molar-refractivity contribution in [2.75, 3.05) is 0 Å². The summed E-state index contributed by atoms with van der Waals surface area (Å²) < 4.78 is 21.9. The molecule has 0 aliphatic carbocycles. The van der Waals surface area contributed by atoms with Crippen LogP contribution in [0, 0.1) is 0 Å². The Kier molecular flexibility index (Phi) is 11.0. The Labute approximate surface area is 136 Å². The molecule has 13 heteroatoms. The Morgan fingerprint density at radius 3 is 2.05 bits per heavy atom. The number of rotatable bonds is 4. The van der Waals surface area contributed by atoms with Gasteiger partial charge in [0.25, 0.3) is 0 Å². The van der Waals surface area contributed by atoms with E-state index in [1.807, 2.05) is 0 Å². The standard InChI is InChI=1S/C7H11NO7P2.Na.2H2O/c9-7(16(10,11)12,17(13,14)15)4-6-2-1-3-8-5-6;;;/h1-3,5,9H,4H2,(H2,10,11,12)(H2,13,14,15);;2*1H2/q;+1;;/p-1. The third-order valence-corrected chi connectivity index (χ3v) is 5.78. The van der Waals surface area contributed by atoms with Crippen LogP contribution in [0.25, 0.3) is 0 Å². The summed E-state index contributed by atoms with van der Waals surface area (Å²) in [5, 5.41) is 5.98. The van der Waals surface area contributed by atoms with Gasteiger partial charge in [0.15, 0.2) is 7.60 Å². The van der Waals surface area contributed by atoms with Gasteiger partial charge in [0.2, 0.25) is 5.08 Å². The average molecular weight is 341 g/mol. The van der Waals surface area contributed by atoms with Crippen LogP contribution in [0.15, 0.2) is 24.5 Å². The first-order valence-corrected chi connectivity index (χ1v) is 7.48. The molecule has 0 aliphatic rings. The molecule has 0 spiro atoms. The molecule has 0 radical (unpaired) electrons. The Morgan fingerprint density at radius 1 is 1.25 bits per heavy atom. The number of aromatic nitrogens is 1. The number of aliphatic hydroxyl groups is 1. The molecule has 0 aliphatic heterocycles. The first-order valence-electron chi connectivity index (χ1n) is 4.29. The molecule has 1 aromatic rings. The Balaban J connectivity index is -0.000000963. The minimum atomic E-state index is -5.66. The molecule has 0 amide bonds. The van der Waals surface area contributed by atoms with E-state index in [4.69, 9.17) is 14.7 Å². The van der Waals surface area contributed by atoms with E-state index in [-0.39, 0.29) is 46.1 Å². The van der Waals surface area contributed by atoms with Crippen LogP contribution in [0.5, 0.6) is 0 Å². The van der Waals surface area contributed by atoms with Gasteiger partial charge in [-0.15, -0.1) is 0 Å². The zero-order valence-electron chi connectivity index (χ0n) is 10.4. The van der Waals surface area contributed by atoms with Gasteiger partial charge in [0, 0.05) is 18.8 Å². The summed E-state index contributed by atoms with van der Waals surface area (Å²) in [6, 6.07) is 2.70. The molecule has 2 atom stereocenters. The van der Waals surface area contributed by atoms with Crippen molar-refractivity contribution in [2.24, 2.45) is 0 Å². The van der Waals surface area contributed by atoms with E-state index >= 15 is 0 Å². The SMILES string of the molecule is O.O.O=P([O-])(O)C(O)(Cc1cccnc1)P(=O)(O)O.[Na+]. The van der Waals surface area contributed by atoms with Gasteiger partial charge in [-0.3, -0.25) is 9.55 Å². The summed E-state index contributed by atoms with van der Waals surface area (Å²) in [4.78, 5) is 41.0. The van der Waals surface area contributed by atoms with Gasteiger partial charge in [-0.25, -0.2) is 0 Å². The van der Waals surface area contributed by atoms with Crippen molar-refractivity contribution in [3.8, 4) is 0 Å². The maximum Gasteiger partial charge on any atom is 1.00 e. The van der Waals surface area contributed by atoms with E-state index in [2.05, 4.69) is 4.98 Å². The first kappa shape index (κ1) is 25.3. The molecule has 8 N–H and O–H groups in total. The minimum absolute atomic E-state index is 0. The first-order chi connectivity index (χ1) is 7.58. The molecule has 0 fully saturated rings. The molecule has 2 unspecified atom stereocenters. The van der Waals surface area contributed by atoms with Crippen molar-refractivity contribution in [2.45, 2.75) is 11.5 Å².